The Bertz CT molecular complexity index is 659. The number of amides is 1. The van der Waals surface area contributed by atoms with Gasteiger partial charge in [0.1, 0.15) is 0 Å². The molecule has 2 aliphatic rings. The molecular formula is C16H19N2O5S-. The number of esters is 1. The van der Waals surface area contributed by atoms with Gasteiger partial charge in [0, 0.05) is 23.2 Å². The standard InChI is InChI=1S/C16H20N2O5S/c1-2-23-11(19)6-10-7-24-16(17-10)18-14(20)12-8-3-4-9(5-8)13(12)15(21)22/h7-9,12-13H,2-6H2,1H3,(H,21,22)(H,17,18,20)/p-1/t8-,9+,12+,13+/m1/s1. The average molecular weight is 351 g/mol. The second-order valence-corrected chi connectivity index (χ2v) is 7.18. The maximum atomic E-state index is 12.5. The number of thiazole rings is 1. The van der Waals surface area contributed by atoms with E-state index in [1.807, 2.05) is 0 Å². The minimum atomic E-state index is -1.13. The van der Waals surface area contributed by atoms with Gasteiger partial charge in [-0.25, -0.2) is 4.98 Å². The zero-order valence-electron chi connectivity index (χ0n) is 13.3. The third-order valence-electron chi connectivity index (χ3n) is 4.90. The Morgan fingerprint density at radius 2 is 2.04 bits per heavy atom. The smallest absolute Gasteiger partial charge is 0.311 e. The van der Waals surface area contributed by atoms with Crippen molar-refractivity contribution in [2.45, 2.75) is 32.6 Å². The van der Waals surface area contributed by atoms with E-state index in [2.05, 4.69) is 10.3 Å². The van der Waals surface area contributed by atoms with Crippen molar-refractivity contribution in [1.82, 2.24) is 4.98 Å². The van der Waals surface area contributed by atoms with E-state index in [0.717, 1.165) is 19.3 Å². The molecule has 1 amide bonds. The minimum Gasteiger partial charge on any atom is -0.550 e. The lowest BCUT2D eigenvalue weighted by molar-refractivity contribution is -0.314. The fourth-order valence-electron chi connectivity index (χ4n) is 4.00. The molecule has 8 heteroatoms. The molecule has 2 bridgehead atoms. The number of rotatable bonds is 6. The van der Waals surface area contributed by atoms with E-state index >= 15 is 0 Å². The monoisotopic (exact) mass is 351 g/mol. The van der Waals surface area contributed by atoms with Crippen LogP contribution in [-0.2, 0) is 25.5 Å². The largest absolute Gasteiger partial charge is 0.550 e. The van der Waals surface area contributed by atoms with Crippen molar-refractivity contribution in [1.29, 1.82) is 0 Å². The van der Waals surface area contributed by atoms with E-state index in [-0.39, 0.29) is 30.1 Å². The molecule has 2 aliphatic carbocycles. The van der Waals surface area contributed by atoms with Crippen LogP contribution < -0.4 is 10.4 Å². The van der Waals surface area contributed by atoms with Crippen LogP contribution in [0.15, 0.2) is 5.38 Å². The zero-order chi connectivity index (χ0) is 17.3. The molecule has 1 heterocycles. The molecule has 0 spiro atoms. The molecule has 0 unspecified atom stereocenters. The molecule has 2 fully saturated rings. The van der Waals surface area contributed by atoms with Crippen LogP contribution in [0.1, 0.15) is 31.9 Å². The first-order valence-electron chi connectivity index (χ1n) is 8.11. The van der Waals surface area contributed by atoms with Gasteiger partial charge in [0.2, 0.25) is 5.91 Å². The lowest BCUT2D eigenvalue weighted by Gasteiger charge is -2.30. The number of anilines is 1. The van der Waals surface area contributed by atoms with E-state index in [0.29, 0.717) is 17.4 Å². The summed E-state index contributed by atoms with van der Waals surface area (Å²) in [7, 11) is 0. The molecule has 0 saturated heterocycles. The molecule has 0 aliphatic heterocycles. The van der Waals surface area contributed by atoms with Crippen molar-refractivity contribution in [3.05, 3.63) is 11.1 Å². The van der Waals surface area contributed by atoms with Gasteiger partial charge in [-0.1, -0.05) is 0 Å². The highest BCUT2D eigenvalue weighted by Crippen LogP contribution is 2.52. The summed E-state index contributed by atoms with van der Waals surface area (Å²) in [5.41, 5.74) is 0.526. The number of hydrogen-bond donors (Lipinski definition) is 1. The predicted molar refractivity (Wildman–Crippen MR) is 83.9 cm³/mol. The van der Waals surface area contributed by atoms with Gasteiger partial charge < -0.3 is 20.0 Å². The first kappa shape index (κ1) is 16.9. The van der Waals surface area contributed by atoms with Gasteiger partial charge in [0.15, 0.2) is 5.13 Å². The number of carboxylic acids is 1. The van der Waals surface area contributed by atoms with Crippen molar-refractivity contribution in [2.75, 3.05) is 11.9 Å². The van der Waals surface area contributed by atoms with Crippen molar-refractivity contribution in [3.8, 4) is 0 Å². The van der Waals surface area contributed by atoms with Gasteiger partial charge in [-0.3, -0.25) is 9.59 Å². The first-order valence-corrected chi connectivity index (χ1v) is 8.99. The number of carboxylic acid groups (broad SMARTS) is 1. The van der Waals surface area contributed by atoms with Crippen LogP contribution in [0, 0.1) is 23.7 Å². The summed E-state index contributed by atoms with van der Waals surface area (Å²) in [6, 6.07) is 0. The zero-order valence-corrected chi connectivity index (χ0v) is 14.1. The van der Waals surface area contributed by atoms with Crippen molar-refractivity contribution in [2.24, 2.45) is 23.7 Å². The number of nitrogens with zero attached hydrogens (tertiary/aromatic N) is 1. The number of ether oxygens (including phenoxy) is 1. The molecule has 24 heavy (non-hydrogen) atoms. The van der Waals surface area contributed by atoms with Gasteiger partial charge in [0.05, 0.1) is 18.7 Å². The second-order valence-electron chi connectivity index (χ2n) is 6.32. The van der Waals surface area contributed by atoms with Crippen LogP contribution in [0.5, 0.6) is 0 Å². The summed E-state index contributed by atoms with van der Waals surface area (Å²) in [6.07, 6.45) is 2.57. The normalized spacial score (nSPS) is 27.9. The van der Waals surface area contributed by atoms with Crippen LogP contribution in [-0.4, -0.2) is 29.4 Å². The Labute approximate surface area is 143 Å². The summed E-state index contributed by atoms with van der Waals surface area (Å²) in [5, 5.41) is 16.2. The fraction of sp³-hybridized carbons (Fsp3) is 0.625. The Hall–Kier alpha value is -1.96. The number of carbonyl (C=O) groups excluding carboxylic acids is 3. The fourth-order valence-corrected chi connectivity index (χ4v) is 4.72. The third kappa shape index (κ3) is 3.28. The Kier molecular flexibility index (Phi) is 4.84. The Morgan fingerprint density at radius 3 is 2.71 bits per heavy atom. The van der Waals surface area contributed by atoms with E-state index in [9.17, 15) is 19.5 Å². The summed E-state index contributed by atoms with van der Waals surface area (Å²) < 4.78 is 4.86. The summed E-state index contributed by atoms with van der Waals surface area (Å²) in [4.78, 5) is 39.6. The lowest BCUT2D eigenvalue weighted by atomic mass is 9.79. The van der Waals surface area contributed by atoms with Crippen molar-refractivity contribution < 1.29 is 24.2 Å². The Morgan fingerprint density at radius 1 is 1.33 bits per heavy atom. The molecule has 0 radical (unpaired) electrons. The molecule has 1 aromatic heterocycles. The van der Waals surface area contributed by atoms with Crippen LogP contribution >= 0.6 is 11.3 Å². The molecule has 1 aromatic rings. The molecule has 3 rings (SSSR count). The topological polar surface area (TPSA) is 108 Å². The molecular weight excluding hydrogens is 332 g/mol. The van der Waals surface area contributed by atoms with Gasteiger partial charge in [-0.05, 0) is 38.0 Å². The maximum absolute atomic E-state index is 12.5. The number of carbonyl (C=O) groups is 3. The molecule has 130 valence electrons. The molecule has 2 saturated carbocycles. The summed E-state index contributed by atoms with van der Waals surface area (Å²) in [5.74, 6) is -2.92. The van der Waals surface area contributed by atoms with Crippen LogP contribution in [0.3, 0.4) is 0 Å². The molecule has 0 aromatic carbocycles. The lowest BCUT2D eigenvalue weighted by Crippen LogP contribution is -2.43. The maximum Gasteiger partial charge on any atom is 0.311 e. The molecule has 1 N–H and O–H groups in total. The highest BCUT2D eigenvalue weighted by molar-refractivity contribution is 7.13. The van der Waals surface area contributed by atoms with Gasteiger partial charge in [0.25, 0.3) is 0 Å². The van der Waals surface area contributed by atoms with Crippen LogP contribution in [0.2, 0.25) is 0 Å². The van der Waals surface area contributed by atoms with Crippen LogP contribution in [0.4, 0.5) is 5.13 Å². The summed E-state index contributed by atoms with van der Waals surface area (Å²) in [6.45, 7) is 2.04. The Balaban J connectivity index is 1.64. The third-order valence-corrected chi connectivity index (χ3v) is 5.71. The highest BCUT2D eigenvalue weighted by Gasteiger charge is 2.51. The quantitative estimate of drug-likeness (QED) is 0.752. The van der Waals surface area contributed by atoms with Gasteiger partial charge in [-0.2, -0.15) is 0 Å². The van der Waals surface area contributed by atoms with Crippen molar-refractivity contribution >= 4 is 34.3 Å². The average Bonchev–Trinajstić information content (AvgIpc) is 3.22. The SMILES string of the molecule is CCOC(=O)Cc1csc(NC(=O)[C@H]2[C@@H]3CC[C@@H](C3)[C@@H]2C(=O)[O-])n1. The van der Waals surface area contributed by atoms with Crippen LogP contribution in [0.25, 0.3) is 0 Å². The number of fused-ring (bicyclic) bond motifs is 2. The van der Waals surface area contributed by atoms with E-state index < -0.39 is 17.8 Å². The molecule has 7 nitrogen and oxygen atoms in total. The highest BCUT2D eigenvalue weighted by atomic mass is 32.1. The van der Waals surface area contributed by atoms with E-state index in [4.69, 9.17) is 4.74 Å². The summed E-state index contributed by atoms with van der Waals surface area (Å²) >= 11 is 1.21. The number of nitrogens with one attached hydrogen (secondary N) is 1. The first-order chi connectivity index (χ1) is 11.5. The van der Waals surface area contributed by atoms with Gasteiger partial charge >= 0.3 is 5.97 Å². The number of hydrogen-bond acceptors (Lipinski definition) is 7. The van der Waals surface area contributed by atoms with E-state index in [1.165, 1.54) is 11.3 Å². The predicted octanol–water partition coefficient (Wildman–Crippen LogP) is 0.599. The second kappa shape index (κ2) is 6.88. The van der Waals surface area contributed by atoms with Crippen molar-refractivity contribution in [3.63, 3.8) is 0 Å². The number of aliphatic carboxylic acids is 1. The van der Waals surface area contributed by atoms with Gasteiger partial charge in [-0.15, -0.1) is 11.3 Å². The number of aromatic nitrogens is 1. The minimum absolute atomic E-state index is 0.0476. The molecule has 4 atom stereocenters. The van der Waals surface area contributed by atoms with E-state index in [1.54, 1.807) is 12.3 Å².